The molecule has 0 rings (SSSR count). The van der Waals surface area contributed by atoms with E-state index in [1.807, 2.05) is 0 Å². The second-order valence-electron chi connectivity index (χ2n) is 5.34. The largest absolute Gasteiger partial charge is 0.271 e. The highest BCUT2D eigenvalue weighted by Crippen LogP contribution is 2.18. The summed E-state index contributed by atoms with van der Waals surface area (Å²) in [5, 5.41) is 0. The molecule has 0 aromatic heterocycles. The SMILES string of the molecule is CCCCCCCCC(CC(CC)CC)NN. The minimum absolute atomic E-state index is 0.533. The Hall–Kier alpha value is -0.0800. The van der Waals surface area contributed by atoms with Gasteiger partial charge in [0.25, 0.3) is 0 Å². The van der Waals surface area contributed by atoms with Gasteiger partial charge in [0.15, 0.2) is 0 Å². The Kier molecular flexibility index (Phi) is 12.3. The van der Waals surface area contributed by atoms with Crippen molar-refractivity contribution in [3.05, 3.63) is 0 Å². The van der Waals surface area contributed by atoms with Gasteiger partial charge in [-0.2, -0.15) is 0 Å². The van der Waals surface area contributed by atoms with Gasteiger partial charge in [0, 0.05) is 6.04 Å². The summed E-state index contributed by atoms with van der Waals surface area (Å²) < 4.78 is 0. The van der Waals surface area contributed by atoms with Crippen molar-refractivity contribution >= 4 is 0 Å². The summed E-state index contributed by atoms with van der Waals surface area (Å²) in [4.78, 5) is 0. The number of unbranched alkanes of at least 4 members (excludes halogenated alkanes) is 5. The Morgan fingerprint density at radius 1 is 0.882 bits per heavy atom. The van der Waals surface area contributed by atoms with Crippen molar-refractivity contribution in [2.45, 2.75) is 91.0 Å². The van der Waals surface area contributed by atoms with Crippen molar-refractivity contribution in [1.82, 2.24) is 5.43 Å². The van der Waals surface area contributed by atoms with Gasteiger partial charge < -0.3 is 0 Å². The number of nitrogens with one attached hydrogen (secondary N) is 1. The molecule has 104 valence electrons. The fourth-order valence-electron chi connectivity index (χ4n) is 2.46. The Morgan fingerprint density at radius 3 is 2.00 bits per heavy atom. The Balaban J connectivity index is 3.53. The maximum absolute atomic E-state index is 5.64. The van der Waals surface area contributed by atoms with Gasteiger partial charge in [0.05, 0.1) is 0 Å². The smallest absolute Gasteiger partial charge is 0.0213 e. The molecule has 1 unspecified atom stereocenters. The lowest BCUT2D eigenvalue weighted by molar-refractivity contribution is 0.346. The highest BCUT2D eigenvalue weighted by Gasteiger charge is 2.12. The molecule has 17 heavy (non-hydrogen) atoms. The maximum atomic E-state index is 5.64. The first kappa shape index (κ1) is 16.9. The van der Waals surface area contributed by atoms with Crippen LogP contribution in [0, 0.1) is 5.92 Å². The zero-order valence-electron chi connectivity index (χ0n) is 12.3. The van der Waals surface area contributed by atoms with Crippen molar-refractivity contribution in [2.75, 3.05) is 0 Å². The predicted octanol–water partition coefficient (Wildman–Crippen LogP) is 4.40. The standard InChI is InChI=1S/C15H34N2/c1-4-7-8-9-10-11-12-15(17-16)13-14(5-2)6-3/h14-15,17H,4-13,16H2,1-3H3. The van der Waals surface area contributed by atoms with E-state index in [-0.39, 0.29) is 0 Å². The molecular formula is C15H34N2. The van der Waals surface area contributed by atoms with Crippen LogP contribution in [0.1, 0.15) is 85.0 Å². The summed E-state index contributed by atoms with van der Waals surface area (Å²) in [6, 6.07) is 0.533. The zero-order chi connectivity index (χ0) is 12.9. The molecule has 0 aliphatic carbocycles. The van der Waals surface area contributed by atoms with Crippen molar-refractivity contribution in [3.63, 3.8) is 0 Å². The second-order valence-corrected chi connectivity index (χ2v) is 5.34. The minimum atomic E-state index is 0.533. The highest BCUT2D eigenvalue weighted by molar-refractivity contribution is 4.68. The van der Waals surface area contributed by atoms with Crippen LogP contribution in [0.15, 0.2) is 0 Å². The van der Waals surface area contributed by atoms with Gasteiger partial charge in [-0.25, -0.2) is 0 Å². The summed E-state index contributed by atoms with van der Waals surface area (Å²) in [6.45, 7) is 6.84. The lowest BCUT2D eigenvalue weighted by Crippen LogP contribution is -2.36. The molecule has 0 aromatic carbocycles. The van der Waals surface area contributed by atoms with E-state index in [2.05, 4.69) is 26.2 Å². The van der Waals surface area contributed by atoms with Crippen molar-refractivity contribution < 1.29 is 0 Å². The van der Waals surface area contributed by atoms with E-state index in [0.717, 1.165) is 5.92 Å². The van der Waals surface area contributed by atoms with Crippen LogP contribution in [0.3, 0.4) is 0 Å². The van der Waals surface area contributed by atoms with Crippen molar-refractivity contribution in [2.24, 2.45) is 11.8 Å². The number of hydrogen-bond acceptors (Lipinski definition) is 2. The van der Waals surface area contributed by atoms with E-state index in [1.165, 1.54) is 64.2 Å². The van der Waals surface area contributed by atoms with E-state index in [1.54, 1.807) is 0 Å². The molecule has 0 saturated heterocycles. The summed E-state index contributed by atoms with van der Waals surface area (Å²) in [6.07, 6.45) is 13.3. The van der Waals surface area contributed by atoms with Crippen LogP contribution in [0.5, 0.6) is 0 Å². The lowest BCUT2D eigenvalue weighted by Gasteiger charge is -2.21. The average molecular weight is 242 g/mol. The van der Waals surface area contributed by atoms with E-state index in [0.29, 0.717) is 6.04 Å². The molecule has 0 aromatic rings. The van der Waals surface area contributed by atoms with Gasteiger partial charge in [-0.15, -0.1) is 0 Å². The monoisotopic (exact) mass is 242 g/mol. The maximum Gasteiger partial charge on any atom is 0.0213 e. The quantitative estimate of drug-likeness (QED) is 0.302. The van der Waals surface area contributed by atoms with Gasteiger partial charge in [0.1, 0.15) is 0 Å². The van der Waals surface area contributed by atoms with Crippen molar-refractivity contribution in [3.8, 4) is 0 Å². The molecule has 0 aliphatic rings. The minimum Gasteiger partial charge on any atom is -0.271 e. The third kappa shape index (κ3) is 9.61. The van der Waals surface area contributed by atoms with Crippen LogP contribution in [0.2, 0.25) is 0 Å². The average Bonchev–Trinajstić information content (AvgIpc) is 2.37. The Bertz CT molecular complexity index is 144. The topological polar surface area (TPSA) is 38.0 Å². The van der Waals surface area contributed by atoms with E-state index < -0.39 is 0 Å². The third-order valence-electron chi connectivity index (χ3n) is 3.91. The van der Waals surface area contributed by atoms with Crippen molar-refractivity contribution in [1.29, 1.82) is 0 Å². The zero-order valence-corrected chi connectivity index (χ0v) is 12.3. The summed E-state index contributed by atoms with van der Waals surface area (Å²) in [5.74, 6) is 6.49. The van der Waals surface area contributed by atoms with Crippen LogP contribution >= 0.6 is 0 Å². The van der Waals surface area contributed by atoms with Gasteiger partial charge in [-0.3, -0.25) is 11.3 Å². The summed E-state index contributed by atoms with van der Waals surface area (Å²) in [7, 11) is 0. The molecule has 2 heteroatoms. The lowest BCUT2D eigenvalue weighted by atomic mass is 9.92. The summed E-state index contributed by atoms with van der Waals surface area (Å²) in [5.41, 5.74) is 3.00. The molecule has 0 spiro atoms. The van der Waals surface area contributed by atoms with E-state index in [4.69, 9.17) is 5.84 Å². The number of nitrogens with two attached hydrogens (primary N) is 1. The number of rotatable bonds is 12. The second kappa shape index (κ2) is 12.4. The predicted molar refractivity (Wildman–Crippen MR) is 77.8 cm³/mol. The van der Waals surface area contributed by atoms with E-state index >= 15 is 0 Å². The van der Waals surface area contributed by atoms with Crippen LogP contribution in [0.25, 0.3) is 0 Å². The van der Waals surface area contributed by atoms with E-state index in [9.17, 15) is 0 Å². The first-order chi connectivity index (χ1) is 8.28. The molecule has 0 fully saturated rings. The van der Waals surface area contributed by atoms with Crippen LogP contribution in [0.4, 0.5) is 0 Å². The molecule has 2 nitrogen and oxygen atoms in total. The van der Waals surface area contributed by atoms with Gasteiger partial charge in [-0.05, 0) is 18.8 Å². The molecule has 0 aliphatic heterocycles. The molecule has 1 atom stereocenters. The van der Waals surface area contributed by atoms with Gasteiger partial charge in [0.2, 0.25) is 0 Å². The molecule has 0 bridgehead atoms. The Morgan fingerprint density at radius 2 is 1.47 bits per heavy atom. The first-order valence-electron chi connectivity index (χ1n) is 7.74. The molecule has 0 amide bonds. The number of hydrazine groups is 1. The number of hydrogen-bond donors (Lipinski definition) is 2. The van der Waals surface area contributed by atoms with Gasteiger partial charge >= 0.3 is 0 Å². The third-order valence-corrected chi connectivity index (χ3v) is 3.91. The fourth-order valence-corrected chi connectivity index (χ4v) is 2.46. The fraction of sp³-hybridized carbons (Fsp3) is 1.00. The van der Waals surface area contributed by atoms with Crippen LogP contribution < -0.4 is 11.3 Å². The summed E-state index contributed by atoms with van der Waals surface area (Å²) >= 11 is 0. The molecule has 0 heterocycles. The molecule has 3 N–H and O–H groups in total. The highest BCUT2D eigenvalue weighted by atomic mass is 15.2. The Labute approximate surface area is 109 Å². The first-order valence-corrected chi connectivity index (χ1v) is 7.74. The molecular weight excluding hydrogens is 208 g/mol. The molecule has 0 radical (unpaired) electrons. The van der Waals surface area contributed by atoms with Crippen LogP contribution in [-0.4, -0.2) is 6.04 Å². The van der Waals surface area contributed by atoms with Crippen LogP contribution in [-0.2, 0) is 0 Å². The van der Waals surface area contributed by atoms with Gasteiger partial charge in [-0.1, -0.05) is 72.1 Å². The normalized spacial score (nSPS) is 13.2. The molecule has 0 saturated carbocycles.